The molecule has 6 heteroatoms. The van der Waals surface area contributed by atoms with E-state index in [1.165, 1.54) is 12.0 Å². The quantitative estimate of drug-likeness (QED) is 0.646. The van der Waals surface area contributed by atoms with Crippen molar-refractivity contribution in [3.05, 3.63) is 34.3 Å². The summed E-state index contributed by atoms with van der Waals surface area (Å²) in [7, 11) is 1.68. The van der Waals surface area contributed by atoms with Crippen LogP contribution in [0.4, 0.5) is 0 Å². The summed E-state index contributed by atoms with van der Waals surface area (Å²) in [6.45, 7) is 3.57. The fraction of sp³-hybridized carbons (Fsp3) is 0.611. The third kappa shape index (κ3) is 7.51. The topological polar surface area (TPSA) is 50.4 Å². The Labute approximate surface area is 159 Å². The van der Waals surface area contributed by atoms with Crippen LogP contribution in [-0.2, 0) is 16.0 Å². The molecule has 0 aliphatic carbocycles. The molecule has 1 aliphatic rings. The molecule has 24 heavy (non-hydrogen) atoms. The first kappa shape index (κ1) is 21.4. The van der Waals surface area contributed by atoms with Gasteiger partial charge in [-0.3, -0.25) is 4.79 Å². The van der Waals surface area contributed by atoms with E-state index in [9.17, 15) is 4.79 Å². The van der Waals surface area contributed by atoms with Crippen LogP contribution >= 0.6 is 28.3 Å². The fourth-order valence-corrected chi connectivity index (χ4v) is 3.49. The lowest BCUT2D eigenvalue weighted by Crippen LogP contribution is -2.34. The zero-order chi connectivity index (χ0) is 16.5. The molecule has 2 rings (SSSR count). The van der Waals surface area contributed by atoms with Crippen LogP contribution in [0.2, 0.25) is 0 Å². The highest BCUT2D eigenvalue weighted by molar-refractivity contribution is 9.10. The minimum atomic E-state index is -0.0362. The Morgan fingerprint density at radius 2 is 2.33 bits per heavy atom. The van der Waals surface area contributed by atoms with Gasteiger partial charge in [-0.15, -0.1) is 12.4 Å². The number of carbonyl (C=O) groups is 1. The van der Waals surface area contributed by atoms with Gasteiger partial charge in [-0.05, 0) is 62.4 Å². The van der Waals surface area contributed by atoms with Gasteiger partial charge < -0.3 is 15.4 Å². The summed E-state index contributed by atoms with van der Waals surface area (Å²) in [6, 6.07) is 8.17. The minimum absolute atomic E-state index is 0. The van der Waals surface area contributed by atoms with Gasteiger partial charge in [0.2, 0.25) is 5.91 Å². The third-order valence-corrected chi connectivity index (χ3v) is 4.92. The normalized spacial score (nSPS) is 18.0. The number of carbonyl (C=O) groups excluding carboxylic acids is 1. The highest BCUT2D eigenvalue weighted by Gasteiger charge is 2.20. The molecule has 4 nitrogen and oxygen atoms in total. The molecule has 1 aliphatic heterocycles. The van der Waals surface area contributed by atoms with Gasteiger partial charge in [0.15, 0.2) is 0 Å². The van der Waals surface area contributed by atoms with Crippen molar-refractivity contribution in [1.82, 2.24) is 10.6 Å². The summed E-state index contributed by atoms with van der Waals surface area (Å²) in [5.74, 6) is 0.816. The van der Waals surface area contributed by atoms with Gasteiger partial charge in [-0.25, -0.2) is 0 Å². The van der Waals surface area contributed by atoms with Gasteiger partial charge >= 0.3 is 0 Å². The second-order valence-corrected chi connectivity index (χ2v) is 7.17. The molecule has 1 fully saturated rings. The number of hydrogen-bond acceptors (Lipinski definition) is 3. The number of amides is 1. The van der Waals surface area contributed by atoms with Crippen LogP contribution in [0.5, 0.6) is 0 Å². The molecule has 2 atom stereocenters. The van der Waals surface area contributed by atoms with Crippen LogP contribution in [0.25, 0.3) is 0 Å². The number of rotatable bonds is 9. The molecule has 0 saturated carbocycles. The first-order valence-electron chi connectivity index (χ1n) is 8.41. The highest BCUT2D eigenvalue weighted by Crippen LogP contribution is 2.18. The van der Waals surface area contributed by atoms with E-state index in [-0.39, 0.29) is 24.2 Å². The second-order valence-electron chi connectivity index (χ2n) is 6.25. The Kier molecular flexibility index (Phi) is 10.6. The smallest absolute Gasteiger partial charge is 0.223 e. The van der Waals surface area contributed by atoms with Crippen molar-refractivity contribution in [3.63, 3.8) is 0 Å². The first-order valence-corrected chi connectivity index (χ1v) is 9.20. The zero-order valence-electron chi connectivity index (χ0n) is 14.2. The average Bonchev–Trinajstić information content (AvgIpc) is 3.04. The van der Waals surface area contributed by atoms with Gasteiger partial charge in [-0.2, -0.15) is 0 Å². The summed E-state index contributed by atoms with van der Waals surface area (Å²) in [6.07, 6.45) is 3.78. The number of ether oxygens (including phenoxy) is 1. The Morgan fingerprint density at radius 3 is 3.00 bits per heavy atom. The van der Waals surface area contributed by atoms with E-state index >= 15 is 0 Å². The van der Waals surface area contributed by atoms with Gasteiger partial charge in [0.05, 0.1) is 0 Å². The average molecular weight is 420 g/mol. The van der Waals surface area contributed by atoms with Gasteiger partial charge in [0.25, 0.3) is 0 Å². The predicted molar refractivity (Wildman–Crippen MR) is 104 cm³/mol. The van der Waals surface area contributed by atoms with E-state index in [4.69, 9.17) is 4.74 Å². The third-order valence-electron chi connectivity index (χ3n) is 4.43. The summed E-state index contributed by atoms with van der Waals surface area (Å²) < 4.78 is 6.22. The molecule has 1 aromatic rings. The van der Waals surface area contributed by atoms with E-state index in [1.807, 2.05) is 12.1 Å². The number of nitrogens with one attached hydrogen (secondary N) is 2. The number of halogens is 2. The van der Waals surface area contributed by atoms with Gasteiger partial charge in [0, 0.05) is 30.7 Å². The van der Waals surface area contributed by atoms with Crippen molar-refractivity contribution < 1.29 is 9.53 Å². The molecule has 136 valence electrons. The maximum absolute atomic E-state index is 12.5. The Balaban J connectivity index is 0.00000288. The molecular formula is C18H28BrClN2O2. The molecule has 0 spiro atoms. The van der Waals surface area contributed by atoms with Crippen molar-refractivity contribution in [2.45, 2.75) is 25.7 Å². The molecule has 0 aromatic heterocycles. The zero-order valence-corrected chi connectivity index (χ0v) is 16.6. The minimum Gasteiger partial charge on any atom is -0.385 e. The van der Waals surface area contributed by atoms with Crippen molar-refractivity contribution in [2.24, 2.45) is 11.8 Å². The van der Waals surface area contributed by atoms with Crippen molar-refractivity contribution >= 4 is 34.2 Å². The maximum Gasteiger partial charge on any atom is 0.223 e. The lowest BCUT2D eigenvalue weighted by molar-refractivity contribution is -0.125. The van der Waals surface area contributed by atoms with Crippen molar-refractivity contribution in [3.8, 4) is 0 Å². The van der Waals surface area contributed by atoms with Crippen molar-refractivity contribution in [2.75, 3.05) is 33.4 Å². The predicted octanol–water partition coefficient (Wildman–Crippen LogP) is 3.18. The van der Waals surface area contributed by atoms with Crippen LogP contribution in [0, 0.1) is 11.8 Å². The van der Waals surface area contributed by atoms with Crippen LogP contribution in [0.15, 0.2) is 28.7 Å². The molecule has 2 N–H and O–H groups in total. The van der Waals surface area contributed by atoms with E-state index in [0.717, 1.165) is 43.4 Å². The monoisotopic (exact) mass is 418 g/mol. The maximum atomic E-state index is 12.5. The molecule has 1 heterocycles. The number of benzene rings is 1. The summed E-state index contributed by atoms with van der Waals surface area (Å²) in [5, 5.41) is 6.48. The summed E-state index contributed by atoms with van der Waals surface area (Å²) in [5.41, 5.74) is 1.18. The number of hydrogen-bond donors (Lipinski definition) is 2. The van der Waals surface area contributed by atoms with E-state index < -0.39 is 0 Å². The molecule has 2 unspecified atom stereocenters. The number of methoxy groups -OCH3 is 1. The van der Waals surface area contributed by atoms with Gasteiger partial charge in [0.1, 0.15) is 0 Å². The molecular weight excluding hydrogens is 392 g/mol. The largest absolute Gasteiger partial charge is 0.385 e. The summed E-state index contributed by atoms with van der Waals surface area (Å²) in [4.78, 5) is 12.5. The van der Waals surface area contributed by atoms with E-state index in [1.54, 1.807) is 7.11 Å². The molecule has 0 radical (unpaired) electrons. The molecule has 1 aromatic carbocycles. The lowest BCUT2D eigenvalue weighted by Gasteiger charge is -2.17. The molecule has 1 saturated heterocycles. The van der Waals surface area contributed by atoms with E-state index in [0.29, 0.717) is 12.5 Å². The fourth-order valence-electron chi connectivity index (χ4n) is 3.04. The molecule has 1 amide bonds. The van der Waals surface area contributed by atoms with Gasteiger partial charge in [-0.1, -0.05) is 28.1 Å². The molecule has 0 bridgehead atoms. The van der Waals surface area contributed by atoms with Crippen LogP contribution in [-0.4, -0.2) is 39.3 Å². The van der Waals surface area contributed by atoms with Crippen molar-refractivity contribution in [1.29, 1.82) is 0 Å². The highest BCUT2D eigenvalue weighted by atomic mass is 79.9. The van der Waals surface area contributed by atoms with Crippen LogP contribution in [0.3, 0.4) is 0 Å². The Hall–Kier alpha value is -0.620. The van der Waals surface area contributed by atoms with Crippen LogP contribution < -0.4 is 10.6 Å². The standard InChI is InChI=1S/C18H27BrN2O2.ClH/c1-23-10-7-16(11-15-3-2-4-17(19)12-15)18(22)21-9-6-14-5-8-20-13-14;/h2-4,12,14,16,20H,5-11,13H2,1H3,(H,21,22);1H. The van der Waals surface area contributed by atoms with E-state index in [2.05, 4.69) is 38.7 Å². The summed E-state index contributed by atoms with van der Waals surface area (Å²) >= 11 is 3.49. The van der Waals surface area contributed by atoms with Crippen LogP contribution in [0.1, 0.15) is 24.8 Å². The first-order chi connectivity index (χ1) is 11.2. The lowest BCUT2D eigenvalue weighted by atomic mass is 9.95. The SMILES string of the molecule is COCCC(Cc1cccc(Br)c1)C(=O)NCCC1CCNC1.Cl. The Bertz CT molecular complexity index is 496. The Morgan fingerprint density at radius 1 is 1.50 bits per heavy atom. The second kappa shape index (κ2) is 11.9.